The molecule has 0 atom stereocenters. The molecule has 0 fully saturated rings. The maximum atomic E-state index is 6.81. The molecule has 3 heterocycles. The van der Waals surface area contributed by atoms with Gasteiger partial charge in [-0.2, -0.15) is 0 Å². The highest BCUT2D eigenvalue weighted by atomic mass is 16.6. The van der Waals surface area contributed by atoms with Gasteiger partial charge in [0.15, 0.2) is 40.5 Å². The Morgan fingerprint density at radius 3 is 2.12 bits per heavy atom. The van der Waals surface area contributed by atoms with Crippen molar-refractivity contribution in [2.75, 3.05) is 0 Å². The van der Waals surface area contributed by atoms with Crippen molar-refractivity contribution in [1.29, 1.82) is 0 Å². The van der Waals surface area contributed by atoms with Gasteiger partial charge >= 0.3 is 0 Å². The first-order valence-corrected chi connectivity index (χ1v) is 13.6. The summed E-state index contributed by atoms with van der Waals surface area (Å²) < 4.78 is 13.3. The maximum Gasteiger partial charge on any atom is 0.182 e. The molecule has 2 aromatic heterocycles. The fourth-order valence-corrected chi connectivity index (χ4v) is 5.85. The first-order valence-electron chi connectivity index (χ1n) is 13.6. The third kappa shape index (κ3) is 3.64. The van der Waals surface area contributed by atoms with Gasteiger partial charge in [-0.25, -0.2) is 15.0 Å². The fraction of sp³-hybridized carbons (Fsp3) is 0.0857. The van der Waals surface area contributed by atoms with Gasteiger partial charge in [-0.1, -0.05) is 86.6 Å². The second-order valence-corrected chi connectivity index (χ2v) is 10.7. The Morgan fingerprint density at radius 1 is 0.537 bits per heavy atom. The molecule has 6 heteroatoms. The normalized spacial score (nSPS) is 13.7. The largest absolute Gasteiger partial charge is 0.449 e. The highest BCUT2D eigenvalue weighted by Gasteiger charge is 2.40. The third-order valence-corrected chi connectivity index (χ3v) is 7.87. The standard InChI is InChI=1S/C35H24N4O2/c1-35(2)24-15-7-6-13-22(24)29-25(35)18-19-28-31(29)41-30-23(14-10-17-27(30)40-28)33-37-32(21-11-4-3-5-12-21)38-34(39-33)26-16-8-9-20-36-26/h3-20H,1-2H3. The fourth-order valence-electron chi connectivity index (χ4n) is 5.85. The van der Waals surface area contributed by atoms with E-state index >= 15 is 0 Å². The van der Waals surface area contributed by atoms with Crippen molar-refractivity contribution in [2.24, 2.45) is 0 Å². The van der Waals surface area contributed by atoms with Crippen molar-refractivity contribution in [1.82, 2.24) is 19.9 Å². The van der Waals surface area contributed by atoms with E-state index in [0.29, 0.717) is 51.7 Å². The van der Waals surface area contributed by atoms with Crippen LogP contribution >= 0.6 is 0 Å². The van der Waals surface area contributed by atoms with Crippen molar-refractivity contribution in [3.05, 3.63) is 120 Å². The number of benzene rings is 4. The van der Waals surface area contributed by atoms with Gasteiger partial charge in [0.2, 0.25) is 0 Å². The Kier molecular flexibility index (Phi) is 5.06. The number of nitrogens with zero attached hydrogens (tertiary/aromatic N) is 4. The Balaban J connectivity index is 1.31. The molecule has 6 aromatic rings. The summed E-state index contributed by atoms with van der Waals surface area (Å²) in [5.74, 6) is 4.12. The molecule has 1 aliphatic heterocycles. The maximum absolute atomic E-state index is 6.81. The van der Waals surface area contributed by atoms with Gasteiger partial charge in [-0.15, -0.1) is 0 Å². The number of hydrogen-bond donors (Lipinski definition) is 0. The number of pyridine rings is 1. The summed E-state index contributed by atoms with van der Waals surface area (Å²) in [6.07, 6.45) is 1.74. The van der Waals surface area contributed by atoms with Crippen LogP contribution in [0.1, 0.15) is 25.0 Å². The molecule has 4 aromatic carbocycles. The topological polar surface area (TPSA) is 70.0 Å². The lowest BCUT2D eigenvalue weighted by atomic mass is 9.82. The average Bonchev–Trinajstić information content (AvgIpc) is 3.27. The van der Waals surface area contributed by atoms with E-state index in [9.17, 15) is 0 Å². The van der Waals surface area contributed by atoms with E-state index in [4.69, 9.17) is 24.4 Å². The van der Waals surface area contributed by atoms with Crippen LogP contribution in [0.3, 0.4) is 0 Å². The van der Waals surface area contributed by atoms with Crippen molar-refractivity contribution in [2.45, 2.75) is 19.3 Å². The minimum atomic E-state index is -0.152. The number of aromatic nitrogens is 4. The van der Waals surface area contributed by atoms with E-state index < -0.39 is 0 Å². The number of rotatable bonds is 3. The average molecular weight is 533 g/mol. The first kappa shape index (κ1) is 23.5. The molecule has 196 valence electrons. The van der Waals surface area contributed by atoms with Crippen molar-refractivity contribution >= 4 is 0 Å². The van der Waals surface area contributed by atoms with Gasteiger partial charge in [0.1, 0.15) is 5.69 Å². The summed E-state index contributed by atoms with van der Waals surface area (Å²) >= 11 is 0. The van der Waals surface area contributed by atoms with Crippen LogP contribution in [0, 0.1) is 0 Å². The van der Waals surface area contributed by atoms with Crippen LogP contribution in [-0.4, -0.2) is 19.9 Å². The van der Waals surface area contributed by atoms with E-state index in [0.717, 1.165) is 16.7 Å². The minimum Gasteiger partial charge on any atom is -0.449 e. The first-order chi connectivity index (χ1) is 20.1. The molecule has 0 saturated carbocycles. The Labute approximate surface area is 237 Å². The third-order valence-electron chi connectivity index (χ3n) is 7.87. The van der Waals surface area contributed by atoms with Gasteiger partial charge in [-0.05, 0) is 47.0 Å². The van der Waals surface area contributed by atoms with Crippen LogP contribution in [0.2, 0.25) is 0 Å². The number of fused-ring (bicyclic) bond motifs is 6. The van der Waals surface area contributed by atoms with Crippen LogP contribution < -0.4 is 9.47 Å². The second kappa shape index (κ2) is 8.83. The SMILES string of the molecule is CC1(C)c2ccccc2-c2c1ccc1c2Oc2c(cccc2-c2nc(-c3ccccc3)nc(-c3ccccn3)n2)O1. The van der Waals surface area contributed by atoms with Gasteiger partial charge in [0.05, 0.1) is 5.56 Å². The highest BCUT2D eigenvalue weighted by Crippen LogP contribution is 2.59. The zero-order valence-corrected chi connectivity index (χ0v) is 22.5. The predicted octanol–water partition coefficient (Wildman–Crippen LogP) is 8.47. The quantitative estimate of drug-likeness (QED) is 0.227. The molecule has 8 rings (SSSR count). The Morgan fingerprint density at radius 2 is 1.27 bits per heavy atom. The predicted molar refractivity (Wildman–Crippen MR) is 158 cm³/mol. The molecule has 0 saturated heterocycles. The van der Waals surface area contributed by atoms with Crippen LogP contribution in [-0.2, 0) is 5.41 Å². The van der Waals surface area contributed by atoms with Crippen LogP contribution in [0.4, 0.5) is 0 Å². The van der Waals surface area contributed by atoms with Gasteiger partial charge < -0.3 is 9.47 Å². The summed E-state index contributed by atoms with van der Waals surface area (Å²) in [5.41, 5.74) is 6.83. The van der Waals surface area contributed by atoms with Crippen LogP contribution in [0.15, 0.2) is 109 Å². The molecule has 0 radical (unpaired) electrons. The second-order valence-electron chi connectivity index (χ2n) is 10.7. The summed E-state index contributed by atoms with van der Waals surface area (Å²) in [6, 6.07) is 34.1. The molecule has 0 spiro atoms. The van der Waals surface area contributed by atoms with Crippen LogP contribution in [0.25, 0.3) is 45.4 Å². The van der Waals surface area contributed by atoms with Crippen molar-refractivity contribution in [3.8, 4) is 68.4 Å². The Hall–Kier alpha value is -5.36. The summed E-state index contributed by atoms with van der Waals surface area (Å²) in [6.45, 7) is 4.50. The number of para-hydroxylation sites is 1. The smallest absolute Gasteiger partial charge is 0.182 e. The van der Waals surface area contributed by atoms with Crippen molar-refractivity contribution in [3.63, 3.8) is 0 Å². The lowest BCUT2D eigenvalue weighted by molar-refractivity contribution is 0.361. The van der Waals surface area contributed by atoms with E-state index in [1.165, 1.54) is 11.1 Å². The molecule has 1 aliphatic carbocycles. The molecular formula is C35H24N4O2. The van der Waals surface area contributed by atoms with Crippen molar-refractivity contribution < 1.29 is 9.47 Å². The molecule has 6 nitrogen and oxygen atoms in total. The summed E-state index contributed by atoms with van der Waals surface area (Å²) in [7, 11) is 0. The molecular weight excluding hydrogens is 508 g/mol. The minimum absolute atomic E-state index is 0.152. The molecule has 41 heavy (non-hydrogen) atoms. The van der Waals surface area contributed by atoms with Gasteiger partial charge in [-0.3, -0.25) is 4.98 Å². The Bertz CT molecular complexity index is 1910. The molecule has 0 amide bonds. The summed E-state index contributed by atoms with van der Waals surface area (Å²) in [4.78, 5) is 19.1. The van der Waals surface area contributed by atoms with Gasteiger partial charge in [0.25, 0.3) is 0 Å². The van der Waals surface area contributed by atoms with E-state index in [-0.39, 0.29) is 5.41 Å². The van der Waals surface area contributed by atoms with E-state index in [2.05, 4.69) is 49.2 Å². The van der Waals surface area contributed by atoms with Gasteiger partial charge in [0, 0.05) is 22.7 Å². The monoisotopic (exact) mass is 532 g/mol. The molecule has 0 N–H and O–H groups in total. The lowest BCUT2D eigenvalue weighted by Crippen LogP contribution is -2.15. The molecule has 0 bridgehead atoms. The lowest BCUT2D eigenvalue weighted by Gasteiger charge is -2.26. The van der Waals surface area contributed by atoms with E-state index in [1.54, 1.807) is 6.20 Å². The van der Waals surface area contributed by atoms with Crippen LogP contribution in [0.5, 0.6) is 23.0 Å². The zero-order chi connectivity index (χ0) is 27.6. The molecule has 2 aliphatic rings. The number of hydrogen-bond acceptors (Lipinski definition) is 6. The number of ether oxygens (including phenoxy) is 2. The zero-order valence-electron chi connectivity index (χ0n) is 22.5. The highest BCUT2D eigenvalue weighted by molar-refractivity contribution is 5.88. The summed E-state index contributed by atoms with van der Waals surface area (Å²) in [5, 5.41) is 0. The van der Waals surface area contributed by atoms with E-state index in [1.807, 2.05) is 72.8 Å². The molecule has 0 unspecified atom stereocenters.